The summed E-state index contributed by atoms with van der Waals surface area (Å²) in [5.74, 6) is 1.80. The van der Waals surface area contributed by atoms with Crippen LogP contribution >= 0.6 is 0 Å². The molecule has 0 saturated carbocycles. The third kappa shape index (κ3) is 3.58. The van der Waals surface area contributed by atoms with Crippen molar-refractivity contribution in [2.45, 2.75) is 27.2 Å². The lowest BCUT2D eigenvalue weighted by molar-refractivity contribution is 0.314. The second kappa shape index (κ2) is 6.18. The Kier molecular flexibility index (Phi) is 4.88. The smallest absolute Gasteiger partial charge is 0.143 e. The van der Waals surface area contributed by atoms with Gasteiger partial charge in [0, 0.05) is 31.3 Å². The lowest BCUT2D eigenvalue weighted by atomic mass is 10.1. The van der Waals surface area contributed by atoms with E-state index in [0.717, 1.165) is 23.8 Å². The molecule has 0 fully saturated rings. The normalized spacial score (nSPS) is 13.4. The molecule has 6 heteroatoms. The summed E-state index contributed by atoms with van der Waals surface area (Å²) in [7, 11) is 1.93. The van der Waals surface area contributed by atoms with E-state index < -0.39 is 0 Å². The van der Waals surface area contributed by atoms with Crippen LogP contribution in [0.15, 0.2) is 11.2 Å². The Bertz CT molecular complexity index is 432. The third-order valence-electron chi connectivity index (χ3n) is 2.80. The molecular formula is C12H21N5O. The maximum atomic E-state index is 8.63. The van der Waals surface area contributed by atoms with Gasteiger partial charge in [0.1, 0.15) is 17.5 Å². The number of aryl methyl sites for hydroxylation is 2. The molecule has 1 unspecified atom stereocenters. The zero-order chi connectivity index (χ0) is 13.7. The summed E-state index contributed by atoms with van der Waals surface area (Å²) in [6, 6.07) is 1.96. The lowest BCUT2D eigenvalue weighted by Crippen LogP contribution is -2.33. The van der Waals surface area contributed by atoms with Gasteiger partial charge in [-0.3, -0.25) is 0 Å². The Morgan fingerprint density at radius 2 is 2.22 bits per heavy atom. The quantitative estimate of drug-likeness (QED) is 0.355. The highest BCUT2D eigenvalue weighted by Gasteiger charge is 2.13. The minimum Gasteiger partial charge on any atom is -0.409 e. The van der Waals surface area contributed by atoms with E-state index in [2.05, 4.69) is 22.0 Å². The first-order valence-electron chi connectivity index (χ1n) is 6.01. The van der Waals surface area contributed by atoms with Crippen molar-refractivity contribution >= 4 is 11.7 Å². The molecule has 18 heavy (non-hydrogen) atoms. The van der Waals surface area contributed by atoms with Crippen LogP contribution in [-0.4, -0.2) is 34.6 Å². The van der Waals surface area contributed by atoms with Crippen molar-refractivity contribution in [3.05, 3.63) is 17.6 Å². The van der Waals surface area contributed by atoms with Crippen LogP contribution in [0, 0.1) is 12.8 Å². The monoisotopic (exact) mass is 251 g/mol. The number of hydrogen-bond acceptors (Lipinski definition) is 5. The van der Waals surface area contributed by atoms with Gasteiger partial charge in [-0.05, 0) is 13.3 Å². The first-order chi connectivity index (χ1) is 8.47. The van der Waals surface area contributed by atoms with E-state index in [4.69, 9.17) is 10.9 Å². The predicted molar refractivity (Wildman–Crippen MR) is 72.0 cm³/mol. The Labute approximate surface area is 108 Å². The standard InChI is InChI=1S/C12H21N5O/c1-5-10-6-11(15-9(3)14-10)17(4)7-8(2)12(13)16-18/h6,8,18H,5,7H2,1-4H3,(H2,13,16). The van der Waals surface area contributed by atoms with Gasteiger partial charge in [-0.1, -0.05) is 19.0 Å². The van der Waals surface area contributed by atoms with Crippen LogP contribution in [0.4, 0.5) is 5.82 Å². The van der Waals surface area contributed by atoms with Crippen molar-refractivity contribution in [3.8, 4) is 0 Å². The number of nitrogens with two attached hydrogens (primary N) is 1. The number of amidine groups is 1. The number of rotatable bonds is 5. The van der Waals surface area contributed by atoms with Gasteiger partial charge in [0.2, 0.25) is 0 Å². The van der Waals surface area contributed by atoms with Crippen LogP contribution in [0.5, 0.6) is 0 Å². The van der Waals surface area contributed by atoms with Crippen LogP contribution in [0.2, 0.25) is 0 Å². The number of hydrogen-bond donors (Lipinski definition) is 2. The summed E-state index contributed by atoms with van der Waals surface area (Å²) in [6.45, 7) is 6.48. The molecule has 1 atom stereocenters. The molecule has 0 bridgehead atoms. The number of nitrogens with zero attached hydrogens (tertiary/aromatic N) is 4. The van der Waals surface area contributed by atoms with Crippen LogP contribution in [-0.2, 0) is 6.42 Å². The molecule has 0 aliphatic heterocycles. The molecular weight excluding hydrogens is 230 g/mol. The minimum atomic E-state index is -0.0413. The van der Waals surface area contributed by atoms with Gasteiger partial charge in [-0.25, -0.2) is 9.97 Å². The van der Waals surface area contributed by atoms with E-state index in [1.54, 1.807) is 0 Å². The highest BCUT2D eigenvalue weighted by molar-refractivity contribution is 5.82. The fourth-order valence-corrected chi connectivity index (χ4v) is 1.69. The van der Waals surface area contributed by atoms with Gasteiger partial charge < -0.3 is 15.8 Å². The molecule has 0 radical (unpaired) electrons. The second-order valence-electron chi connectivity index (χ2n) is 4.42. The molecule has 3 N–H and O–H groups in total. The zero-order valence-corrected chi connectivity index (χ0v) is 11.4. The van der Waals surface area contributed by atoms with Crippen LogP contribution in [0.3, 0.4) is 0 Å². The average molecular weight is 251 g/mol. The topological polar surface area (TPSA) is 87.6 Å². The Hall–Kier alpha value is -1.85. The van der Waals surface area contributed by atoms with Gasteiger partial charge in [-0.15, -0.1) is 0 Å². The first kappa shape index (κ1) is 14.2. The third-order valence-corrected chi connectivity index (χ3v) is 2.80. The van der Waals surface area contributed by atoms with Crippen molar-refractivity contribution < 1.29 is 5.21 Å². The SMILES string of the molecule is CCc1cc(N(C)CC(C)C(N)=NO)nc(C)n1. The van der Waals surface area contributed by atoms with Gasteiger partial charge in [0.15, 0.2) is 0 Å². The summed E-state index contributed by atoms with van der Waals surface area (Å²) in [6.07, 6.45) is 0.875. The summed E-state index contributed by atoms with van der Waals surface area (Å²) in [5.41, 5.74) is 6.58. The largest absolute Gasteiger partial charge is 0.409 e. The second-order valence-corrected chi connectivity index (χ2v) is 4.42. The Balaban J connectivity index is 2.84. The molecule has 1 aromatic heterocycles. The van der Waals surface area contributed by atoms with Gasteiger partial charge in [-0.2, -0.15) is 0 Å². The zero-order valence-electron chi connectivity index (χ0n) is 11.4. The average Bonchev–Trinajstić information content (AvgIpc) is 2.36. The first-order valence-corrected chi connectivity index (χ1v) is 6.01. The lowest BCUT2D eigenvalue weighted by Gasteiger charge is -2.22. The van der Waals surface area contributed by atoms with Crippen LogP contribution in [0.1, 0.15) is 25.4 Å². The van der Waals surface area contributed by atoms with E-state index in [1.165, 1.54) is 0 Å². The molecule has 0 spiro atoms. The minimum absolute atomic E-state index is 0.0413. The van der Waals surface area contributed by atoms with Gasteiger partial charge in [0.05, 0.1) is 0 Å². The van der Waals surface area contributed by atoms with Crippen molar-refractivity contribution in [2.24, 2.45) is 16.8 Å². The summed E-state index contributed by atoms with van der Waals surface area (Å²) in [5, 5.41) is 11.7. The fraction of sp³-hybridized carbons (Fsp3) is 0.583. The van der Waals surface area contributed by atoms with Crippen molar-refractivity contribution in [1.29, 1.82) is 0 Å². The highest BCUT2D eigenvalue weighted by Crippen LogP contribution is 2.13. The summed E-state index contributed by atoms with van der Waals surface area (Å²) < 4.78 is 0. The van der Waals surface area contributed by atoms with E-state index in [9.17, 15) is 0 Å². The molecule has 0 aromatic carbocycles. The Morgan fingerprint density at radius 1 is 1.56 bits per heavy atom. The number of oxime groups is 1. The van der Waals surface area contributed by atoms with E-state index >= 15 is 0 Å². The summed E-state index contributed by atoms with van der Waals surface area (Å²) >= 11 is 0. The Morgan fingerprint density at radius 3 is 2.78 bits per heavy atom. The number of aromatic nitrogens is 2. The molecule has 0 aliphatic carbocycles. The molecule has 0 aliphatic rings. The molecule has 100 valence electrons. The number of anilines is 1. The highest BCUT2D eigenvalue weighted by atomic mass is 16.4. The van der Waals surface area contributed by atoms with Crippen molar-refractivity contribution in [2.75, 3.05) is 18.5 Å². The molecule has 1 rings (SSSR count). The van der Waals surface area contributed by atoms with Crippen molar-refractivity contribution in [1.82, 2.24) is 9.97 Å². The molecule has 1 aromatic rings. The van der Waals surface area contributed by atoms with Crippen LogP contribution in [0.25, 0.3) is 0 Å². The predicted octanol–water partition coefficient (Wildman–Crippen LogP) is 1.17. The van der Waals surface area contributed by atoms with Crippen molar-refractivity contribution in [3.63, 3.8) is 0 Å². The van der Waals surface area contributed by atoms with Crippen LogP contribution < -0.4 is 10.6 Å². The fourth-order valence-electron chi connectivity index (χ4n) is 1.69. The molecule has 6 nitrogen and oxygen atoms in total. The van der Waals surface area contributed by atoms with E-state index in [1.807, 2.05) is 31.9 Å². The summed E-state index contributed by atoms with van der Waals surface area (Å²) in [4.78, 5) is 10.7. The maximum Gasteiger partial charge on any atom is 0.143 e. The van der Waals surface area contributed by atoms with E-state index in [-0.39, 0.29) is 11.8 Å². The van der Waals surface area contributed by atoms with E-state index in [0.29, 0.717) is 6.54 Å². The maximum absolute atomic E-state index is 8.63. The van der Waals surface area contributed by atoms with Gasteiger partial charge in [0.25, 0.3) is 0 Å². The van der Waals surface area contributed by atoms with Gasteiger partial charge >= 0.3 is 0 Å². The molecule has 0 saturated heterocycles. The molecule has 1 heterocycles. The molecule has 0 amide bonds.